The Kier molecular flexibility index (Phi) is 7.00. The van der Waals surface area contributed by atoms with Gasteiger partial charge in [-0.25, -0.2) is 0 Å². The van der Waals surface area contributed by atoms with Crippen molar-refractivity contribution in [1.29, 1.82) is 5.26 Å². The van der Waals surface area contributed by atoms with E-state index in [1.807, 2.05) is 74.4 Å². The molecule has 2 atom stereocenters. The molecule has 3 heteroatoms. The van der Waals surface area contributed by atoms with Gasteiger partial charge < -0.3 is 10.0 Å². The average molecular weight is 282 g/mol. The van der Waals surface area contributed by atoms with E-state index in [9.17, 15) is 10.4 Å². The monoisotopic (exact) mass is 282 g/mol. The minimum absolute atomic E-state index is 0.000533. The van der Waals surface area contributed by atoms with Gasteiger partial charge >= 0.3 is 0 Å². The van der Waals surface area contributed by atoms with Crippen LogP contribution in [0.1, 0.15) is 13.8 Å². The normalized spacial score (nSPS) is 15.1. The second kappa shape index (κ2) is 8.78. The highest BCUT2D eigenvalue weighted by Crippen LogP contribution is 2.16. The highest BCUT2D eigenvalue weighted by Gasteiger charge is 2.07. The molecule has 0 aliphatic rings. The SMILES string of the molecule is C/C=C/C(O)C(C)/C=C\C=C(/C#N)N(C)c1ccccc1. The molecule has 3 nitrogen and oxygen atoms in total. The van der Waals surface area contributed by atoms with Gasteiger partial charge in [-0.2, -0.15) is 5.26 Å². The summed E-state index contributed by atoms with van der Waals surface area (Å²) in [6.45, 7) is 3.81. The van der Waals surface area contributed by atoms with E-state index in [2.05, 4.69) is 6.07 Å². The maximum absolute atomic E-state index is 9.79. The fourth-order valence-corrected chi connectivity index (χ4v) is 1.82. The fraction of sp³-hybridized carbons (Fsp3) is 0.278. The Balaban J connectivity index is 2.79. The van der Waals surface area contributed by atoms with E-state index in [1.165, 1.54) is 0 Å². The minimum Gasteiger partial charge on any atom is -0.388 e. The van der Waals surface area contributed by atoms with Crippen molar-refractivity contribution in [3.05, 3.63) is 66.4 Å². The van der Waals surface area contributed by atoms with Gasteiger partial charge in [-0.05, 0) is 25.1 Å². The van der Waals surface area contributed by atoms with Crippen molar-refractivity contribution in [2.24, 2.45) is 5.92 Å². The summed E-state index contributed by atoms with van der Waals surface area (Å²) in [5.41, 5.74) is 1.51. The molecule has 0 spiro atoms. The van der Waals surface area contributed by atoms with Crippen molar-refractivity contribution in [3.8, 4) is 6.07 Å². The van der Waals surface area contributed by atoms with E-state index in [1.54, 1.807) is 12.2 Å². The molecule has 0 saturated carbocycles. The van der Waals surface area contributed by atoms with Crippen LogP contribution in [0.15, 0.2) is 66.4 Å². The topological polar surface area (TPSA) is 47.3 Å². The predicted octanol–water partition coefficient (Wildman–Crippen LogP) is 3.66. The Labute approximate surface area is 127 Å². The number of allylic oxidation sites excluding steroid dienone is 4. The molecule has 0 heterocycles. The smallest absolute Gasteiger partial charge is 0.120 e. The van der Waals surface area contributed by atoms with E-state index >= 15 is 0 Å². The lowest BCUT2D eigenvalue weighted by atomic mass is 10.0. The van der Waals surface area contributed by atoms with Crippen LogP contribution in [0.25, 0.3) is 0 Å². The van der Waals surface area contributed by atoms with E-state index in [0.717, 1.165) is 5.69 Å². The zero-order valence-electron chi connectivity index (χ0n) is 12.8. The van der Waals surface area contributed by atoms with Crippen molar-refractivity contribution >= 4 is 5.69 Å². The maximum Gasteiger partial charge on any atom is 0.120 e. The molecule has 21 heavy (non-hydrogen) atoms. The quantitative estimate of drug-likeness (QED) is 0.492. The molecule has 0 aliphatic carbocycles. The van der Waals surface area contributed by atoms with Crippen molar-refractivity contribution in [1.82, 2.24) is 0 Å². The van der Waals surface area contributed by atoms with Crippen LogP contribution in [0, 0.1) is 17.2 Å². The summed E-state index contributed by atoms with van der Waals surface area (Å²) in [4.78, 5) is 1.83. The number of nitriles is 1. The summed E-state index contributed by atoms with van der Waals surface area (Å²) in [5, 5.41) is 19.1. The summed E-state index contributed by atoms with van der Waals surface area (Å²) in [6, 6.07) is 11.9. The molecule has 1 N–H and O–H groups in total. The lowest BCUT2D eigenvalue weighted by molar-refractivity contribution is 0.185. The highest BCUT2D eigenvalue weighted by atomic mass is 16.3. The lowest BCUT2D eigenvalue weighted by Gasteiger charge is -2.17. The van der Waals surface area contributed by atoms with Gasteiger partial charge in [0.25, 0.3) is 0 Å². The first kappa shape index (κ1) is 16.7. The predicted molar refractivity (Wildman–Crippen MR) is 87.7 cm³/mol. The molecular weight excluding hydrogens is 260 g/mol. The average Bonchev–Trinajstić information content (AvgIpc) is 2.51. The van der Waals surface area contributed by atoms with Crippen LogP contribution in [0.3, 0.4) is 0 Å². The summed E-state index contributed by atoms with van der Waals surface area (Å²) >= 11 is 0. The molecule has 1 aromatic rings. The number of aliphatic hydroxyl groups is 1. The molecule has 1 rings (SSSR count). The second-order valence-corrected chi connectivity index (χ2v) is 4.82. The van der Waals surface area contributed by atoms with Crippen molar-refractivity contribution < 1.29 is 5.11 Å². The third-order valence-corrected chi connectivity index (χ3v) is 3.22. The molecule has 0 bridgehead atoms. The van der Waals surface area contributed by atoms with Crippen LogP contribution in [0.5, 0.6) is 0 Å². The molecule has 2 unspecified atom stereocenters. The number of anilines is 1. The van der Waals surface area contributed by atoms with Gasteiger partial charge in [0.1, 0.15) is 11.8 Å². The van der Waals surface area contributed by atoms with Crippen LogP contribution in [0.4, 0.5) is 5.69 Å². The van der Waals surface area contributed by atoms with E-state index in [4.69, 9.17) is 0 Å². The fourth-order valence-electron chi connectivity index (χ4n) is 1.82. The Morgan fingerprint density at radius 1 is 1.29 bits per heavy atom. The van der Waals surface area contributed by atoms with Gasteiger partial charge in [-0.3, -0.25) is 0 Å². The summed E-state index contributed by atoms with van der Waals surface area (Å²) in [5.74, 6) is -0.000533. The third kappa shape index (κ3) is 5.29. The van der Waals surface area contributed by atoms with Gasteiger partial charge in [0.2, 0.25) is 0 Å². The summed E-state index contributed by atoms with van der Waals surface area (Å²) in [6.07, 6.45) is 8.54. The van der Waals surface area contributed by atoms with Gasteiger partial charge in [0.15, 0.2) is 0 Å². The number of para-hydroxylation sites is 1. The van der Waals surface area contributed by atoms with Crippen LogP contribution >= 0.6 is 0 Å². The minimum atomic E-state index is -0.503. The zero-order valence-corrected chi connectivity index (χ0v) is 12.8. The molecule has 1 aromatic carbocycles. The third-order valence-electron chi connectivity index (χ3n) is 3.22. The standard InChI is InChI=1S/C18H22N2O/c1-4-9-18(21)15(2)10-8-13-17(14-19)20(3)16-11-6-5-7-12-16/h4-13,15,18,21H,1-3H3/b9-4+,10-8-,17-13+. The number of rotatable bonds is 6. The first-order valence-corrected chi connectivity index (χ1v) is 6.98. The number of aliphatic hydroxyl groups excluding tert-OH is 1. The van der Waals surface area contributed by atoms with Crippen LogP contribution in [-0.2, 0) is 0 Å². The zero-order chi connectivity index (χ0) is 15.7. The van der Waals surface area contributed by atoms with Crippen molar-refractivity contribution in [3.63, 3.8) is 0 Å². The largest absolute Gasteiger partial charge is 0.388 e. The molecule has 110 valence electrons. The highest BCUT2D eigenvalue weighted by molar-refractivity contribution is 5.55. The maximum atomic E-state index is 9.79. The van der Waals surface area contributed by atoms with Crippen LogP contribution < -0.4 is 4.90 Å². The molecule has 0 saturated heterocycles. The molecule has 0 aromatic heterocycles. The Hall–Kier alpha value is -2.31. The Morgan fingerprint density at radius 2 is 1.95 bits per heavy atom. The summed E-state index contributed by atoms with van der Waals surface area (Å²) < 4.78 is 0. The number of hydrogen-bond donors (Lipinski definition) is 1. The van der Waals surface area contributed by atoms with Gasteiger partial charge in [-0.1, -0.05) is 49.4 Å². The van der Waals surface area contributed by atoms with Gasteiger partial charge in [-0.15, -0.1) is 0 Å². The van der Waals surface area contributed by atoms with Crippen molar-refractivity contribution in [2.75, 3.05) is 11.9 Å². The molecule has 0 radical (unpaired) electrons. The molecular formula is C18H22N2O. The molecule has 0 amide bonds. The first-order valence-electron chi connectivity index (χ1n) is 6.98. The molecule has 0 fully saturated rings. The summed E-state index contributed by atoms with van der Waals surface area (Å²) in [7, 11) is 1.86. The molecule has 0 aliphatic heterocycles. The van der Waals surface area contributed by atoms with Gasteiger partial charge in [0.05, 0.1) is 6.10 Å². The van der Waals surface area contributed by atoms with E-state index < -0.39 is 6.10 Å². The van der Waals surface area contributed by atoms with Gasteiger partial charge in [0, 0.05) is 18.7 Å². The Morgan fingerprint density at radius 3 is 2.52 bits per heavy atom. The van der Waals surface area contributed by atoms with E-state index in [0.29, 0.717) is 5.70 Å². The second-order valence-electron chi connectivity index (χ2n) is 4.82. The lowest BCUT2D eigenvalue weighted by Crippen LogP contribution is -2.15. The van der Waals surface area contributed by atoms with Crippen LogP contribution in [-0.4, -0.2) is 18.3 Å². The number of nitrogens with zero attached hydrogens (tertiary/aromatic N) is 2. The number of hydrogen-bond acceptors (Lipinski definition) is 3. The van der Waals surface area contributed by atoms with E-state index in [-0.39, 0.29) is 5.92 Å². The Bertz CT molecular complexity index is 552. The van der Waals surface area contributed by atoms with Crippen molar-refractivity contribution in [2.45, 2.75) is 20.0 Å². The first-order chi connectivity index (χ1) is 10.1. The number of benzene rings is 1. The van der Waals surface area contributed by atoms with Crippen LogP contribution in [0.2, 0.25) is 0 Å².